The number of hydrogen-bond donors (Lipinski definition) is 0. The summed E-state index contributed by atoms with van der Waals surface area (Å²) >= 11 is -3.43. The monoisotopic (exact) mass is 1990 g/mol. The first-order valence-corrected chi connectivity index (χ1v) is 53.0. The Labute approximate surface area is 706 Å². The Morgan fingerprint density at radius 2 is 0.914 bits per heavy atom. The molecule has 0 aliphatic rings. The Balaban J connectivity index is 0.000000132. The summed E-state index contributed by atoms with van der Waals surface area (Å²) in [4.78, 5) is 19.3. The van der Waals surface area contributed by atoms with Crippen LogP contribution in [0.1, 0.15) is 26.3 Å². The van der Waals surface area contributed by atoms with Gasteiger partial charge in [0.2, 0.25) is 0 Å². The van der Waals surface area contributed by atoms with E-state index in [2.05, 4.69) is 208 Å². The van der Waals surface area contributed by atoms with Crippen LogP contribution in [0.5, 0.6) is 0 Å². The number of hydrogen-bond acceptors (Lipinski definition) is 6. The molecule has 14 aromatic carbocycles. The molecule has 0 unspecified atom stereocenters. The number of benzene rings is 14. The van der Waals surface area contributed by atoms with E-state index in [9.17, 15) is 8.78 Å². The van der Waals surface area contributed by atoms with Gasteiger partial charge in [0.15, 0.2) is 0 Å². The fourth-order valence-electron chi connectivity index (χ4n) is 14.9. The van der Waals surface area contributed by atoms with E-state index in [1.165, 1.54) is 26.5 Å². The molecule has 0 N–H and O–H groups in total. The van der Waals surface area contributed by atoms with E-state index in [4.69, 9.17) is 18.8 Å². The Bertz CT molecular complexity index is 6830. The SMILES string of the molecule is CC(C)(C)c1ccc(-n2c(-c3[c-]ccc4c3oc3cccc(-c5ccc(F)cc5)c34)nc3ccccc32)cc1.Fc1ccc(-c2ccc3oc4c(-c5nc6ccccc6n5-c5cccc6ccccc56)[c-]ccc4c3c2)c2ccccc12.[CH3][Ge]([CH3])([CH3])[c]1ccc(-c2[c-]cccc2)nc1.[CH3][Ge]([CH3])([CH3])[c]1ccc(-c2[c-]cccc2)nc1.[Ir].[Ir]. The minimum Gasteiger partial charge on any atom is 0 e. The number of furan rings is 2. The molecule has 0 fully saturated rings. The van der Waals surface area contributed by atoms with E-state index >= 15 is 0 Å². The largest absolute Gasteiger partial charge is 0 e. The van der Waals surface area contributed by atoms with Gasteiger partial charge in [0.05, 0.1) is 44.9 Å². The van der Waals surface area contributed by atoms with Gasteiger partial charge < -0.3 is 18.0 Å². The van der Waals surface area contributed by atoms with Crippen molar-refractivity contribution in [2.75, 3.05) is 0 Å². The first-order valence-electron chi connectivity index (χ1n) is 38.4. The van der Waals surface area contributed by atoms with Crippen LogP contribution in [0, 0.1) is 35.9 Å². The predicted octanol–water partition coefficient (Wildman–Crippen LogP) is 26.2. The molecule has 2 radical (unpaired) electrons. The first-order chi connectivity index (χ1) is 55.3. The van der Waals surface area contributed by atoms with Crippen molar-refractivity contribution >= 4 is 123 Å². The summed E-state index contributed by atoms with van der Waals surface area (Å²) in [7, 11) is 0. The molecule has 0 saturated heterocycles. The molecule has 0 saturated carbocycles. The van der Waals surface area contributed by atoms with Crippen LogP contribution in [0.25, 0.3) is 166 Å². The average molecular weight is 1990 g/mol. The standard InChI is InChI=1S/C39H22FN2O.C35H26FN2O.2C14H16GeN.2Ir/c40-33-21-20-26(28-12-3-4-13-29(28)33)25-19-22-37-32(23-25)30-14-8-15-31(38(30)43-37)39-41-34-16-5-6-17-36(34)42(39)35-18-7-10-24-9-1-2-11-27(24)35;1-35(2,3)23-16-20-25(21-17-23)38-30-12-5-4-11-29(30)37-34(38)28-10-6-9-27-32-26(22-14-18-24(36)19-15-22)8-7-13-31(32)39-33(27)28;2*1-15(2,3)13-9-10-14(16-11-13)12-7-5-4-6-8-12;;/h1-14,16-23H;4-9,11-21H,1-3H3;2*4-7,9-11H,1-3H3;;/q4*-1;;. The number of halogens is 2. The Morgan fingerprint density at radius 1 is 0.388 bits per heavy atom. The van der Waals surface area contributed by atoms with Crippen molar-refractivity contribution in [3.63, 3.8) is 0 Å². The molecule has 20 aromatic rings. The van der Waals surface area contributed by atoms with Gasteiger partial charge in [-0.3, -0.25) is 9.97 Å². The molecule has 20 rings (SSSR count). The summed E-state index contributed by atoms with van der Waals surface area (Å²) in [6.07, 6.45) is 4.08. The van der Waals surface area contributed by atoms with Crippen LogP contribution in [0.15, 0.2) is 331 Å². The van der Waals surface area contributed by atoms with Crippen molar-refractivity contribution in [3.8, 4) is 78.9 Å². The Morgan fingerprint density at radius 3 is 1.51 bits per heavy atom. The first kappa shape index (κ1) is 79.9. The van der Waals surface area contributed by atoms with Gasteiger partial charge in [-0.2, -0.15) is 0 Å². The van der Waals surface area contributed by atoms with Crippen LogP contribution in [0.3, 0.4) is 0 Å². The molecule has 0 atom stereocenters. The number of imidazole rings is 2. The van der Waals surface area contributed by atoms with Crippen molar-refractivity contribution in [2.24, 2.45) is 0 Å². The molecule has 6 heterocycles. The van der Waals surface area contributed by atoms with E-state index in [0.717, 1.165) is 161 Å². The molecule has 574 valence electrons. The molecule has 6 aromatic heterocycles. The summed E-state index contributed by atoms with van der Waals surface area (Å²) in [6, 6.07) is 115. The molecular weight excluding hydrogens is 1910 g/mol. The molecule has 8 nitrogen and oxygen atoms in total. The van der Waals surface area contributed by atoms with E-state index in [-0.39, 0.29) is 57.3 Å². The van der Waals surface area contributed by atoms with Crippen molar-refractivity contribution in [3.05, 3.63) is 363 Å². The molecule has 0 aliphatic carbocycles. The zero-order valence-electron chi connectivity index (χ0n) is 65.5. The Kier molecular flexibility index (Phi) is 23.1. The molecule has 0 bridgehead atoms. The van der Waals surface area contributed by atoms with Crippen molar-refractivity contribution in [1.82, 2.24) is 29.1 Å². The fraction of sp³-hybridized carbons (Fsp3) is 0.0980. The summed E-state index contributed by atoms with van der Waals surface area (Å²) in [5.74, 6) is 15.3. The summed E-state index contributed by atoms with van der Waals surface area (Å²) in [6.45, 7) is 6.66. The smallest absolute Gasteiger partial charge is 0 e. The fourth-order valence-corrected chi connectivity index (χ4v) is 19.3. The van der Waals surface area contributed by atoms with Gasteiger partial charge in [0, 0.05) is 73.1 Å². The minimum absolute atomic E-state index is 0. The maximum Gasteiger partial charge on any atom is 0 e. The molecule has 116 heavy (non-hydrogen) atoms. The van der Waals surface area contributed by atoms with E-state index in [0.29, 0.717) is 5.39 Å². The van der Waals surface area contributed by atoms with Crippen LogP contribution in [-0.2, 0) is 45.6 Å². The number of pyridine rings is 2. The third-order valence-corrected chi connectivity index (χ3v) is 29.5. The maximum absolute atomic E-state index is 14.6. The second-order valence-corrected chi connectivity index (χ2v) is 53.0. The third-order valence-electron chi connectivity index (χ3n) is 21.0. The number of nitrogens with zero attached hydrogens (tertiary/aromatic N) is 6. The Hall–Kier alpha value is -11.3. The van der Waals surface area contributed by atoms with Crippen LogP contribution in [0.4, 0.5) is 8.78 Å². The topological polar surface area (TPSA) is 87.7 Å². The zero-order valence-corrected chi connectivity index (χ0v) is 74.5. The van der Waals surface area contributed by atoms with Crippen LogP contribution < -0.4 is 8.79 Å². The second-order valence-electron chi connectivity index (χ2n) is 31.7. The van der Waals surface area contributed by atoms with Crippen LogP contribution in [-0.4, -0.2) is 55.6 Å². The van der Waals surface area contributed by atoms with Gasteiger partial charge in [-0.25, -0.2) is 8.78 Å². The maximum atomic E-state index is 14.6. The van der Waals surface area contributed by atoms with Gasteiger partial charge in [-0.1, -0.05) is 176 Å². The normalized spacial score (nSPS) is 11.6. The minimum atomic E-state index is -1.72. The van der Waals surface area contributed by atoms with Gasteiger partial charge >= 0.3 is 200 Å². The van der Waals surface area contributed by atoms with E-state index in [1.54, 1.807) is 18.2 Å². The summed E-state index contributed by atoms with van der Waals surface area (Å²) < 4.78 is 48.6. The van der Waals surface area contributed by atoms with Gasteiger partial charge in [0.25, 0.3) is 0 Å². The quantitative estimate of drug-likeness (QED) is 0.100. The number of rotatable bonds is 10. The van der Waals surface area contributed by atoms with Crippen molar-refractivity contribution in [2.45, 2.75) is 60.7 Å². The predicted molar refractivity (Wildman–Crippen MR) is 473 cm³/mol. The molecule has 14 heteroatoms. The summed E-state index contributed by atoms with van der Waals surface area (Å²) in [5.41, 5.74) is 19.9. The second kappa shape index (κ2) is 33.5. The zero-order chi connectivity index (χ0) is 78.4. The third kappa shape index (κ3) is 16.1. The molecule has 0 aliphatic heterocycles. The summed E-state index contributed by atoms with van der Waals surface area (Å²) in [5, 5.41) is 7.73. The van der Waals surface area contributed by atoms with Crippen LogP contribution in [0.2, 0.25) is 34.5 Å². The van der Waals surface area contributed by atoms with Gasteiger partial charge in [-0.05, 0) is 123 Å². The number of para-hydroxylation sites is 4. The van der Waals surface area contributed by atoms with Crippen molar-refractivity contribution in [1.29, 1.82) is 0 Å². The van der Waals surface area contributed by atoms with E-state index < -0.39 is 26.5 Å². The molecule has 0 spiro atoms. The van der Waals surface area contributed by atoms with Gasteiger partial charge in [-0.15, -0.1) is 36.4 Å². The van der Waals surface area contributed by atoms with Crippen molar-refractivity contribution < 1.29 is 57.8 Å². The molecular formula is C102H80F2Ge2Ir2N6O2-4. The van der Waals surface area contributed by atoms with E-state index in [1.807, 2.05) is 182 Å². The average Bonchev–Trinajstić information content (AvgIpc) is 1.59. The van der Waals surface area contributed by atoms with Crippen LogP contribution >= 0.6 is 0 Å². The number of fused-ring (bicyclic) bond motifs is 10. The molecule has 0 amide bonds. The number of aromatic nitrogens is 6. The van der Waals surface area contributed by atoms with Gasteiger partial charge in [0.1, 0.15) is 22.8 Å².